The average molecular weight is 450 g/mol. The Balaban J connectivity index is 1.88. The van der Waals surface area contributed by atoms with Gasteiger partial charge in [-0.1, -0.05) is 48.5 Å². The zero-order valence-electron chi connectivity index (χ0n) is 18.0. The second-order valence-electron chi connectivity index (χ2n) is 7.23. The Labute approximate surface area is 187 Å². The predicted molar refractivity (Wildman–Crippen MR) is 121 cm³/mol. The quantitative estimate of drug-likeness (QED) is 0.377. The third-order valence-corrected chi connectivity index (χ3v) is 6.81. The van der Waals surface area contributed by atoms with Crippen LogP contribution in [-0.2, 0) is 16.4 Å². The molecule has 0 atom stereocenters. The van der Waals surface area contributed by atoms with Gasteiger partial charge in [0.25, 0.3) is 0 Å². The molecule has 0 saturated carbocycles. The standard InChI is InChI=1S/C25H23NO5S/c1-17-25(26-18(2)31-17)21-14-23(30-16-19-10-6-4-7-11-19)22(29-3)15-24(21)32(27,28)20-12-8-5-9-13-20/h4-15H,16H2,1-3H3. The molecule has 0 aliphatic heterocycles. The monoisotopic (exact) mass is 449 g/mol. The van der Waals surface area contributed by atoms with E-state index in [1.807, 2.05) is 30.3 Å². The predicted octanol–water partition coefficient (Wildman–Crippen LogP) is 5.38. The van der Waals surface area contributed by atoms with Crippen LogP contribution in [0.3, 0.4) is 0 Å². The SMILES string of the molecule is COc1cc(S(=O)(=O)c2ccccc2)c(-c2nc(C)oc2C)cc1OCc1ccccc1. The van der Waals surface area contributed by atoms with Gasteiger partial charge in [-0.15, -0.1) is 0 Å². The molecule has 0 aliphatic rings. The number of methoxy groups -OCH3 is 1. The molecule has 4 rings (SSSR count). The lowest BCUT2D eigenvalue weighted by Crippen LogP contribution is -2.07. The van der Waals surface area contributed by atoms with E-state index in [-0.39, 0.29) is 9.79 Å². The van der Waals surface area contributed by atoms with Crippen LogP contribution in [0.25, 0.3) is 11.3 Å². The number of sulfone groups is 1. The van der Waals surface area contributed by atoms with Crippen LogP contribution in [0.2, 0.25) is 0 Å². The summed E-state index contributed by atoms with van der Waals surface area (Å²) in [4.78, 5) is 4.69. The minimum atomic E-state index is -3.86. The molecular formula is C25H23NO5S. The van der Waals surface area contributed by atoms with Crippen molar-refractivity contribution in [1.82, 2.24) is 4.98 Å². The second-order valence-corrected chi connectivity index (χ2v) is 9.15. The Morgan fingerprint density at radius 2 is 1.56 bits per heavy atom. The molecule has 0 N–H and O–H groups in total. The maximum atomic E-state index is 13.6. The maximum absolute atomic E-state index is 13.6. The fourth-order valence-corrected chi connectivity index (χ4v) is 4.94. The fourth-order valence-electron chi connectivity index (χ4n) is 3.46. The van der Waals surface area contributed by atoms with Crippen molar-refractivity contribution in [2.75, 3.05) is 7.11 Å². The molecule has 0 fully saturated rings. The molecule has 4 aromatic rings. The first kappa shape index (κ1) is 21.6. The van der Waals surface area contributed by atoms with Gasteiger partial charge in [0.1, 0.15) is 18.1 Å². The molecule has 6 nitrogen and oxygen atoms in total. The first-order valence-corrected chi connectivity index (χ1v) is 11.5. The summed E-state index contributed by atoms with van der Waals surface area (Å²) in [6.07, 6.45) is 0. The van der Waals surface area contributed by atoms with Crippen molar-refractivity contribution in [3.63, 3.8) is 0 Å². The van der Waals surface area contributed by atoms with Crippen LogP contribution in [-0.4, -0.2) is 20.5 Å². The van der Waals surface area contributed by atoms with Crippen LogP contribution in [0.15, 0.2) is 87.0 Å². The molecule has 0 saturated heterocycles. The molecule has 0 spiro atoms. The highest BCUT2D eigenvalue weighted by atomic mass is 32.2. The Hall–Kier alpha value is -3.58. The number of nitrogens with zero attached hydrogens (tertiary/aromatic N) is 1. The second kappa shape index (κ2) is 8.88. The van der Waals surface area contributed by atoms with Crippen molar-refractivity contribution >= 4 is 9.84 Å². The van der Waals surface area contributed by atoms with Crippen LogP contribution < -0.4 is 9.47 Å². The minimum Gasteiger partial charge on any atom is -0.493 e. The zero-order chi connectivity index (χ0) is 22.7. The minimum absolute atomic E-state index is 0.0732. The Kier molecular flexibility index (Phi) is 6.01. The van der Waals surface area contributed by atoms with Crippen molar-refractivity contribution in [1.29, 1.82) is 0 Å². The van der Waals surface area contributed by atoms with Gasteiger partial charge in [-0.2, -0.15) is 0 Å². The molecule has 0 unspecified atom stereocenters. The number of rotatable bonds is 7. The number of aromatic nitrogens is 1. The van der Waals surface area contributed by atoms with Crippen molar-refractivity contribution in [2.45, 2.75) is 30.2 Å². The van der Waals surface area contributed by atoms with Gasteiger partial charge in [0, 0.05) is 18.6 Å². The van der Waals surface area contributed by atoms with Crippen LogP contribution in [0.4, 0.5) is 0 Å². The summed E-state index contributed by atoms with van der Waals surface area (Å²) in [6, 6.07) is 21.1. The molecule has 0 amide bonds. The third kappa shape index (κ3) is 4.24. The average Bonchev–Trinajstić information content (AvgIpc) is 3.16. The van der Waals surface area contributed by atoms with Crippen molar-refractivity contribution < 1.29 is 22.3 Å². The van der Waals surface area contributed by atoms with Gasteiger partial charge in [-0.05, 0) is 30.7 Å². The van der Waals surface area contributed by atoms with Gasteiger partial charge in [0.2, 0.25) is 9.84 Å². The zero-order valence-corrected chi connectivity index (χ0v) is 18.8. The van der Waals surface area contributed by atoms with E-state index >= 15 is 0 Å². The lowest BCUT2D eigenvalue weighted by Gasteiger charge is -2.16. The van der Waals surface area contributed by atoms with Crippen molar-refractivity contribution in [3.8, 4) is 22.8 Å². The normalized spacial score (nSPS) is 11.3. The van der Waals surface area contributed by atoms with Crippen LogP contribution >= 0.6 is 0 Å². The summed E-state index contributed by atoms with van der Waals surface area (Å²) in [5.74, 6) is 1.70. The first-order valence-electron chi connectivity index (χ1n) is 10.0. The van der Waals surface area contributed by atoms with Gasteiger partial charge in [-0.25, -0.2) is 13.4 Å². The number of benzene rings is 3. The number of aryl methyl sites for hydroxylation is 2. The molecule has 32 heavy (non-hydrogen) atoms. The number of oxazole rings is 1. The number of hydrogen-bond acceptors (Lipinski definition) is 6. The maximum Gasteiger partial charge on any atom is 0.207 e. The highest BCUT2D eigenvalue weighted by Crippen LogP contribution is 2.41. The molecule has 1 aromatic heterocycles. The summed E-state index contributed by atoms with van der Waals surface area (Å²) in [7, 11) is -2.38. The lowest BCUT2D eigenvalue weighted by atomic mass is 10.1. The van der Waals surface area contributed by atoms with Gasteiger partial charge in [0.05, 0.1) is 16.9 Å². The van der Waals surface area contributed by atoms with Gasteiger partial charge < -0.3 is 13.9 Å². The van der Waals surface area contributed by atoms with Crippen molar-refractivity contribution in [3.05, 3.63) is 90.0 Å². The Morgan fingerprint density at radius 3 is 2.16 bits per heavy atom. The van der Waals surface area contributed by atoms with E-state index in [2.05, 4.69) is 4.98 Å². The molecule has 7 heteroatoms. The molecule has 164 valence electrons. The number of hydrogen-bond donors (Lipinski definition) is 0. The van der Waals surface area contributed by atoms with Crippen molar-refractivity contribution in [2.24, 2.45) is 0 Å². The summed E-state index contributed by atoms with van der Waals surface area (Å²) in [5.41, 5.74) is 1.82. The Bertz CT molecular complexity index is 1330. The van der Waals surface area contributed by atoms with Gasteiger partial charge in [-0.3, -0.25) is 0 Å². The van der Waals surface area contributed by atoms with Crippen LogP contribution in [0, 0.1) is 13.8 Å². The molecule has 1 heterocycles. The van der Waals surface area contributed by atoms with Crippen LogP contribution in [0.1, 0.15) is 17.2 Å². The van der Waals surface area contributed by atoms with E-state index in [0.29, 0.717) is 41.0 Å². The topological polar surface area (TPSA) is 78.6 Å². The van der Waals surface area contributed by atoms with E-state index in [4.69, 9.17) is 13.9 Å². The van der Waals surface area contributed by atoms with Crippen LogP contribution in [0.5, 0.6) is 11.5 Å². The van der Waals surface area contributed by atoms with E-state index in [0.717, 1.165) is 5.56 Å². The summed E-state index contributed by atoms with van der Waals surface area (Å²) >= 11 is 0. The van der Waals surface area contributed by atoms with E-state index < -0.39 is 9.84 Å². The summed E-state index contributed by atoms with van der Waals surface area (Å²) in [5, 5.41) is 0. The Morgan fingerprint density at radius 1 is 0.906 bits per heavy atom. The molecule has 0 radical (unpaired) electrons. The molecule has 0 aliphatic carbocycles. The summed E-state index contributed by atoms with van der Waals surface area (Å²) in [6.45, 7) is 3.78. The summed E-state index contributed by atoms with van der Waals surface area (Å²) < 4.78 is 44.2. The van der Waals surface area contributed by atoms with E-state index in [1.165, 1.54) is 13.2 Å². The largest absolute Gasteiger partial charge is 0.493 e. The van der Waals surface area contributed by atoms with E-state index in [9.17, 15) is 8.42 Å². The molecule has 0 bridgehead atoms. The van der Waals surface area contributed by atoms with E-state index in [1.54, 1.807) is 50.2 Å². The number of ether oxygens (including phenoxy) is 2. The fraction of sp³-hybridized carbons (Fsp3) is 0.160. The van der Waals surface area contributed by atoms with Gasteiger partial charge in [0.15, 0.2) is 17.4 Å². The highest BCUT2D eigenvalue weighted by molar-refractivity contribution is 7.91. The van der Waals surface area contributed by atoms with Gasteiger partial charge >= 0.3 is 0 Å². The highest BCUT2D eigenvalue weighted by Gasteiger charge is 2.27. The smallest absolute Gasteiger partial charge is 0.207 e. The lowest BCUT2D eigenvalue weighted by molar-refractivity contribution is 0.284. The third-order valence-electron chi connectivity index (χ3n) is 5.00. The first-order chi connectivity index (χ1) is 15.4. The molecule has 3 aromatic carbocycles. The molecular weight excluding hydrogens is 426 g/mol.